The van der Waals surface area contributed by atoms with Crippen LogP contribution in [0.25, 0.3) is 0 Å². The van der Waals surface area contributed by atoms with Gasteiger partial charge in [-0.25, -0.2) is 0 Å². The molecule has 0 saturated carbocycles. The second-order valence-corrected chi connectivity index (χ2v) is 6.84. The first kappa shape index (κ1) is 15.9. The topological polar surface area (TPSA) is 38.0 Å². The number of hydrogen-bond donors (Lipinski definition) is 2. The monoisotopic (exact) mass is 370 g/mol. The average Bonchev–Trinajstić information content (AvgIpc) is 2.46. The van der Waals surface area contributed by atoms with Crippen LogP contribution >= 0.6 is 39.3 Å². The Morgan fingerprint density at radius 1 is 1.20 bits per heavy atom. The Hall–Kier alpha value is -0.520. The van der Waals surface area contributed by atoms with E-state index in [2.05, 4.69) is 33.5 Å². The first-order valence-corrected chi connectivity index (χ1v) is 8.42. The van der Waals surface area contributed by atoms with E-state index in [9.17, 15) is 0 Å². The lowest BCUT2D eigenvalue weighted by atomic mass is 10.1. The van der Waals surface area contributed by atoms with E-state index >= 15 is 0 Å². The molecule has 2 nitrogen and oxygen atoms in total. The van der Waals surface area contributed by atoms with Crippen LogP contribution in [0.2, 0.25) is 5.02 Å². The summed E-state index contributed by atoms with van der Waals surface area (Å²) in [4.78, 5) is 1.25. The minimum Gasteiger partial charge on any atom is -0.271 e. The fourth-order valence-corrected chi connectivity index (χ4v) is 3.54. The number of benzene rings is 2. The van der Waals surface area contributed by atoms with Gasteiger partial charge in [-0.15, -0.1) is 11.8 Å². The molecule has 0 saturated heterocycles. The van der Waals surface area contributed by atoms with Crippen molar-refractivity contribution in [2.24, 2.45) is 5.84 Å². The lowest BCUT2D eigenvalue weighted by Gasteiger charge is -2.16. The van der Waals surface area contributed by atoms with Gasteiger partial charge in [0.15, 0.2) is 0 Å². The number of hydrazine groups is 1. The van der Waals surface area contributed by atoms with Gasteiger partial charge < -0.3 is 0 Å². The van der Waals surface area contributed by atoms with Gasteiger partial charge in [-0.3, -0.25) is 11.3 Å². The molecule has 1 atom stereocenters. The minimum absolute atomic E-state index is 0.180. The summed E-state index contributed by atoms with van der Waals surface area (Å²) in [5, 5.41) is 0.768. The fourth-order valence-electron chi connectivity index (χ4n) is 1.83. The van der Waals surface area contributed by atoms with Crippen LogP contribution < -0.4 is 11.3 Å². The Morgan fingerprint density at radius 3 is 2.60 bits per heavy atom. The van der Waals surface area contributed by atoms with Gasteiger partial charge in [-0.2, -0.15) is 0 Å². The highest BCUT2D eigenvalue weighted by molar-refractivity contribution is 9.10. The molecular weight excluding hydrogens is 356 g/mol. The van der Waals surface area contributed by atoms with Gasteiger partial charge in [0.05, 0.1) is 0 Å². The summed E-state index contributed by atoms with van der Waals surface area (Å²) in [6, 6.07) is 16.4. The van der Waals surface area contributed by atoms with Gasteiger partial charge in [-0.1, -0.05) is 51.8 Å². The number of thioether (sulfide) groups is 1. The molecule has 20 heavy (non-hydrogen) atoms. The highest BCUT2D eigenvalue weighted by Gasteiger charge is 2.11. The summed E-state index contributed by atoms with van der Waals surface area (Å²) < 4.78 is 0.988. The van der Waals surface area contributed by atoms with E-state index < -0.39 is 0 Å². The largest absolute Gasteiger partial charge is 0.271 e. The number of nitrogens with one attached hydrogen (secondary N) is 1. The molecule has 0 aliphatic rings. The van der Waals surface area contributed by atoms with Crippen molar-refractivity contribution in [2.45, 2.75) is 17.4 Å². The van der Waals surface area contributed by atoms with Gasteiger partial charge >= 0.3 is 0 Å². The molecule has 1 unspecified atom stereocenters. The fraction of sp³-hybridized carbons (Fsp3) is 0.200. The van der Waals surface area contributed by atoms with Crippen molar-refractivity contribution >= 4 is 39.3 Å². The third-order valence-electron chi connectivity index (χ3n) is 2.91. The number of halogens is 2. The van der Waals surface area contributed by atoms with Crippen molar-refractivity contribution in [3.05, 3.63) is 63.6 Å². The maximum absolute atomic E-state index is 6.24. The second kappa shape index (κ2) is 8.05. The van der Waals surface area contributed by atoms with E-state index in [1.54, 1.807) is 11.8 Å². The first-order chi connectivity index (χ1) is 9.69. The van der Waals surface area contributed by atoms with Crippen LogP contribution in [-0.2, 0) is 6.42 Å². The van der Waals surface area contributed by atoms with Crippen molar-refractivity contribution in [2.75, 3.05) is 5.75 Å². The van der Waals surface area contributed by atoms with E-state index in [1.165, 1.54) is 4.90 Å². The summed E-state index contributed by atoms with van der Waals surface area (Å²) >= 11 is 11.4. The number of nitrogens with two attached hydrogens (primary N) is 1. The molecule has 3 N–H and O–H groups in total. The third kappa shape index (κ3) is 4.79. The number of rotatable bonds is 6. The van der Waals surface area contributed by atoms with Gasteiger partial charge in [0, 0.05) is 26.2 Å². The summed E-state index contributed by atoms with van der Waals surface area (Å²) in [6.07, 6.45) is 0.808. The predicted molar refractivity (Wildman–Crippen MR) is 91.1 cm³/mol. The van der Waals surface area contributed by atoms with Crippen molar-refractivity contribution in [3.8, 4) is 0 Å². The van der Waals surface area contributed by atoms with Crippen LogP contribution in [0.5, 0.6) is 0 Å². The maximum Gasteiger partial charge on any atom is 0.0449 e. The zero-order valence-corrected chi connectivity index (χ0v) is 14.0. The third-order valence-corrected chi connectivity index (χ3v) is 4.93. The SMILES string of the molecule is NNC(CSc1ccccc1)Cc1ccc(Br)cc1Cl. The molecule has 0 amide bonds. The summed E-state index contributed by atoms with van der Waals surface area (Å²) in [7, 11) is 0. The molecule has 0 spiro atoms. The molecule has 0 aliphatic heterocycles. The zero-order valence-electron chi connectivity index (χ0n) is 10.9. The molecule has 0 heterocycles. The molecule has 2 aromatic rings. The van der Waals surface area contributed by atoms with Gasteiger partial charge in [0.25, 0.3) is 0 Å². The van der Waals surface area contributed by atoms with Crippen LogP contribution in [0.4, 0.5) is 0 Å². The summed E-state index contributed by atoms with van der Waals surface area (Å²) in [6.45, 7) is 0. The van der Waals surface area contributed by atoms with Crippen LogP contribution in [0.3, 0.4) is 0 Å². The minimum atomic E-state index is 0.180. The molecular formula is C15H16BrClN2S. The van der Waals surface area contributed by atoms with E-state index in [4.69, 9.17) is 17.4 Å². The van der Waals surface area contributed by atoms with Crippen LogP contribution in [-0.4, -0.2) is 11.8 Å². The van der Waals surface area contributed by atoms with Crippen LogP contribution in [0, 0.1) is 0 Å². The normalized spacial score (nSPS) is 12.3. The Balaban J connectivity index is 1.95. The quantitative estimate of drug-likeness (QED) is 0.452. The molecule has 0 fully saturated rings. The standard InChI is InChI=1S/C15H16BrClN2S/c16-12-7-6-11(15(17)9-12)8-13(19-18)10-20-14-4-2-1-3-5-14/h1-7,9,13,19H,8,10,18H2. The molecule has 106 valence electrons. The molecule has 0 aromatic heterocycles. The molecule has 2 aromatic carbocycles. The first-order valence-electron chi connectivity index (χ1n) is 6.27. The lowest BCUT2D eigenvalue weighted by Crippen LogP contribution is -2.38. The molecule has 5 heteroatoms. The van der Waals surface area contributed by atoms with Gasteiger partial charge in [0.1, 0.15) is 0 Å². The lowest BCUT2D eigenvalue weighted by molar-refractivity contribution is 0.575. The van der Waals surface area contributed by atoms with Crippen molar-refractivity contribution in [1.82, 2.24) is 5.43 Å². The molecule has 0 radical (unpaired) electrons. The summed E-state index contributed by atoms with van der Waals surface area (Å²) in [5.74, 6) is 6.54. The van der Waals surface area contributed by atoms with E-state index in [1.807, 2.05) is 36.4 Å². The Morgan fingerprint density at radius 2 is 1.95 bits per heavy atom. The summed E-state index contributed by atoms with van der Waals surface area (Å²) in [5.41, 5.74) is 3.97. The Labute approximate surface area is 137 Å². The smallest absolute Gasteiger partial charge is 0.0449 e. The molecule has 2 rings (SSSR count). The molecule has 0 bridgehead atoms. The highest BCUT2D eigenvalue weighted by Crippen LogP contribution is 2.24. The van der Waals surface area contributed by atoms with E-state index in [-0.39, 0.29) is 6.04 Å². The zero-order chi connectivity index (χ0) is 14.4. The van der Waals surface area contributed by atoms with Gasteiger partial charge in [0.2, 0.25) is 0 Å². The number of hydrogen-bond acceptors (Lipinski definition) is 3. The predicted octanol–water partition coefficient (Wildman–Crippen LogP) is 4.27. The Bertz CT molecular complexity index is 551. The molecule has 0 aliphatic carbocycles. The van der Waals surface area contributed by atoms with Crippen molar-refractivity contribution < 1.29 is 0 Å². The highest BCUT2D eigenvalue weighted by atomic mass is 79.9. The second-order valence-electron chi connectivity index (χ2n) is 4.43. The average molecular weight is 372 g/mol. The van der Waals surface area contributed by atoms with Crippen molar-refractivity contribution in [3.63, 3.8) is 0 Å². The maximum atomic E-state index is 6.24. The Kier molecular flexibility index (Phi) is 6.39. The van der Waals surface area contributed by atoms with Crippen LogP contribution in [0.1, 0.15) is 5.56 Å². The van der Waals surface area contributed by atoms with Crippen LogP contribution in [0.15, 0.2) is 57.9 Å². The van der Waals surface area contributed by atoms with Gasteiger partial charge in [-0.05, 0) is 36.2 Å². The van der Waals surface area contributed by atoms with E-state index in [0.29, 0.717) is 0 Å². The van der Waals surface area contributed by atoms with E-state index in [0.717, 1.165) is 27.2 Å². The van der Waals surface area contributed by atoms with Crippen molar-refractivity contribution in [1.29, 1.82) is 0 Å².